The van der Waals surface area contributed by atoms with Crippen molar-refractivity contribution < 1.29 is 4.79 Å². The first-order chi connectivity index (χ1) is 2.56. The fourth-order valence-electron chi connectivity index (χ4n) is 0. The van der Waals surface area contributed by atoms with Crippen molar-refractivity contribution in [2.24, 2.45) is 0 Å². The van der Waals surface area contributed by atoms with Crippen molar-refractivity contribution in [1.29, 1.82) is 0 Å². The molecule has 0 saturated carbocycles. The second-order valence-corrected chi connectivity index (χ2v) is 7.36. The van der Waals surface area contributed by atoms with E-state index in [1.807, 2.05) is 0 Å². The van der Waals surface area contributed by atoms with Gasteiger partial charge in [0, 0.05) is 0 Å². The highest BCUT2D eigenvalue weighted by Crippen LogP contribution is 2.29. The van der Waals surface area contributed by atoms with Crippen molar-refractivity contribution in [3.8, 4) is 0 Å². The van der Waals surface area contributed by atoms with E-state index in [0.29, 0.717) is 0 Å². The molecule has 0 aromatic rings. The van der Waals surface area contributed by atoms with E-state index in [2.05, 4.69) is 47.8 Å². The summed E-state index contributed by atoms with van der Waals surface area (Å²) in [5.41, 5.74) is 0. The van der Waals surface area contributed by atoms with Gasteiger partial charge in [-0.15, -0.1) is 0 Å². The normalized spacial score (nSPS) is 11.2. The Hall–Kier alpha value is 1.11. The molecular formula is C2Br3O. The number of hydrogen-bond acceptors (Lipinski definition) is 1. The Balaban J connectivity index is 3.45. The summed E-state index contributed by atoms with van der Waals surface area (Å²) in [6.45, 7) is 0. The fourth-order valence-corrected chi connectivity index (χ4v) is 0. The highest BCUT2D eigenvalue weighted by Gasteiger charge is 2.15. The summed E-state index contributed by atoms with van der Waals surface area (Å²) in [6.07, 6.45) is 1.60. The van der Waals surface area contributed by atoms with Crippen molar-refractivity contribution >= 4 is 54.1 Å². The average Bonchev–Trinajstić information content (AvgIpc) is 1.35. The maximum Gasteiger partial charge on any atom is 0.239 e. The highest BCUT2D eigenvalue weighted by molar-refractivity contribution is 9.40. The molecule has 0 bridgehead atoms. The molecule has 0 N–H and O–H groups in total. The Kier molecular flexibility index (Phi) is 2.87. The molecule has 0 aromatic carbocycles. The van der Waals surface area contributed by atoms with Gasteiger partial charge in [-0.05, 0) is 0 Å². The van der Waals surface area contributed by atoms with Crippen molar-refractivity contribution in [2.45, 2.75) is 2.14 Å². The van der Waals surface area contributed by atoms with Crippen molar-refractivity contribution in [1.82, 2.24) is 0 Å². The van der Waals surface area contributed by atoms with Crippen molar-refractivity contribution in [3.05, 3.63) is 0 Å². The van der Waals surface area contributed by atoms with Crippen LogP contribution in [0, 0.1) is 0 Å². The van der Waals surface area contributed by atoms with Crippen LogP contribution in [0.4, 0.5) is 0 Å². The molecule has 1 nitrogen and oxygen atoms in total. The van der Waals surface area contributed by atoms with Gasteiger partial charge in [-0.1, -0.05) is 47.8 Å². The third-order valence-electron chi connectivity index (χ3n) is 0.116. The van der Waals surface area contributed by atoms with Crippen LogP contribution in [0.1, 0.15) is 0 Å². The van der Waals surface area contributed by atoms with Gasteiger partial charge in [0.1, 0.15) is 0 Å². The van der Waals surface area contributed by atoms with E-state index in [9.17, 15) is 4.79 Å². The predicted octanol–water partition coefficient (Wildman–Crippen LogP) is 1.93. The molecule has 1 radical (unpaired) electrons. The number of alkyl halides is 3. The summed E-state index contributed by atoms with van der Waals surface area (Å²) in [6, 6.07) is 0. The van der Waals surface area contributed by atoms with Crippen LogP contribution in [0.2, 0.25) is 0 Å². The predicted molar refractivity (Wildman–Crippen MR) is 35.2 cm³/mol. The van der Waals surface area contributed by atoms with Gasteiger partial charge >= 0.3 is 0 Å². The van der Waals surface area contributed by atoms with Gasteiger partial charge in [-0.25, -0.2) is 0 Å². The second kappa shape index (κ2) is 2.43. The first kappa shape index (κ1) is 7.11. The van der Waals surface area contributed by atoms with Crippen LogP contribution in [0.15, 0.2) is 0 Å². The minimum absolute atomic E-state index is 0.826. The lowest BCUT2D eigenvalue weighted by atomic mass is 10.9. The van der Waals surface area contributed by atoms with Crippen molar-refractivity contribution in [2.75, 3.05) is 0 Å². The Morgan fingerprint density at radius 1 is 1.33 bits per heavy atom. The van der Waals surface area contributed by atoms with E-state index in [0.717, 1.165) is 0 Å². The smallest absolute Gasteiger partial charge is 0.239 e. The van der Waals surface area contributed by atoms with Gasteiger partial charge in [0.15, 0.2) is 0 Å². The van der Waals surface area contributed by atoms with Gasteiger partial charge in [-0.3, -0.25) is 4.79 Å². The van der Waals surface area contributed by atoms with Crippen LogP contribution in [-0.2, 0) is 4.79 Å². The number of carbonyl (C=O) groups excluding carboxylic acids is 1. The zero-order valence-electron chi connectivity index (χ0n) is 2.54. The van der Waals surface area contributed by atoms with Crippen LogP contribution in [0.3, 0.4) is 0 Å². The molecule has 0 fully saturated rings. The molecule has 0 unspecified atom stereocenters. The molecule has 6 heavy (non-hydrogen) atoms. The molecule has 0 saturated heterocycles. The molecule has 0 spiro atoms. The molecule has 0 rings (SSSR count). The van der Waals surface area contributed by atoms with E-state index >= 15 is 0 Å². The van der Waals surface area contributed by atoms with Gasteiger partial charge < -0.3 is 0 Å². The minimum Gasteiger partial charge on any atom is -0.287 e. The van der Waals surface area contributed by atoms with E-state index in [1.165, 1.54) is 0 Å². The quantitative estimate of drug-likeness (QED) is 0.620. The maximum absolute atomic E-state index is 9.56. The summed E-state index contributed by atoms with van der Waals surface area (Å²) in [4.78, 5) is 9.56. The standard InChI is InChI=1S/C2Br3O/c3-2(4,5)1-6. The van der Waals surface area contributed by atoms with Crippen molar-refractivity contribution in [3.63, 3.8) is 0 Å². The lowest BCUT2D eigenvalue weighted by Crippen LogP contribution is -1.97. The summed E-state index contributed by atoms with van der Waals surface area (Å²) in [5.74, 6) is 0. The Labute approximate surface area is 60.9 Å². The van der Waals surface area contributed by atoms with Crippen LogP contribution in [0.5, 0.6) is 0 Å². The molecule has 0 aliphatic rings. The topological polar surface area (TPSA) is 17.1 Å². The Bertz CT molecular complexity index is 54.3. The first-order valence-electron chi connectivity index (χ1n) is 1.02. The van der Waals surface area contributed by atoms with E-state index in [-0.39, 0.29) is 0 Å². The lowest BCUT2D eigenvalue weighted by Gasteiger charge is -1.93. The Morgan fingerprint density at radius 2 is 1.50 bits per heavy atom. The third kappa shape index (κ3) is 5.11. The monoisotopic (exact) mass is 277 g/mol. The average molecular weight is 280 g/mol. The number of halogens is 3. The third-order valence-corrected chi connectivity index (χ3v) is 0.601. The summed E-state index contributed by atoms with van der Waals surface area (Å²) >= 11 is 8.66. The minimum atomic E-state index is -0.826. The molecule has 0 amide bonds. The van der Waals surface area contributed by atoms with E-state index < -0.39 is 2.14 Å². The first-order valence-corrected chi connectivity index (χ1v) is 3.40. The van der Waals surface area contributed by atoms with Crippen LogP contribution < -0.4 is 0 Å². The van der Waals surface area contributed by atoms with Gasteiger partial charge in [0.25, 0.3) is 0 Å². The highest BCUT2D eigenvalue weighted by atomic mass is 80.0. The summed E-state index contributed by atoms with van der Waals surface area (Å²) in [5, 5.41) is 0. The zero-order valence-corrected chi connectivity index (χ0v) is 7.30. The largest absolute Gasteiger partial charge is 0.287 e. The van der Waals surface area contributed by atoms with Crippen LogP contribution in [0.25, 0.3) is 0 Å². The lowest BCUT2D eigenvalue weighted by molar-refractivity contribution is 0.558. The van der Waals surface area contributed by atoms with Gasteiger partial charge in [-0.2, -0.15) is 0 Å². The molecule has 4 heteroatoms. The molecule has 0 aromatic heterocycles. The molecule has 0 atom stereocenters. The number of hydrogen-bond donors (Lipinski definition) is 0. The second-order valence-electron chi connectivity index (χ2n) is 0.600. The molecule has 35 valence electrons. The summed E-state index contributed by atoms with van der Waals surface area (Å²) in [7, 11) is 0. The van der Waals surface area contributed by atoms with Crippen LogP contribution >= 0.6 is 47.8 Å². The zero-order chi connectivity index (χ0) is 5.21. The summed E-state index contributed by atoms with van der Waals surface area (Å²) < 4.78 is -0.826. The molecular weight excluding hydrogens is 280 g/mol. The fraction of sp³-hybridized carbons (Fsp3) is 0.500. The SMILES string of the molecule is O=[C]C(Br)(Br)Br. The van der Waals surface area contributed by atoms with Gasteiger partial charge in [0.2, 0.25) is 8.43 Å². The van der Waals surface area contributed by atoms with Crippen LogP contribution in [-0.4, -0.2) is 8.43 Å². The molecule has 0 aliphatic heterocycles. The van der Waals surface area contributed by atoms with Gasteiger partial charge in [0.05, 0.1) is 0 Å². The molecule has 0 heterocycles. The Morgan fingerprint density at radius 3 is 1.50 bits per heavy atom. The number of rotatable bonds is 0. The van der Waals surface area contributed by atoms with E-state index in [4.69, 9.17) is 0 Å². The molecule has 0 aliphatic carbocycles. The van der Waals surface area contributed by atoms with E-state index in [1.54, 1.807) is 6.29 Å². The maximum atomic E-state index is 9.56.